The van der Waals surface area contributed by atoms with Crippen molar-refractivity contribution >= 4 is 17.2 Å². The summed E-state index contributed by atoms with van der Waals surface area (Å²) < 4.78 is 0. The van der Waals surface area contributed by atoms with Crippen LogP contribution >= 0.6 is 0 Å². The van der Waals surface area contributed by atoms with Gasteiger partial charge in [-0.3, -0.25) is 4.79 Å². The van der Waals surface area contributed by atoms with E-state index in [-0.39, 0.29) is 11.8 Å². The Kier molecular flexibility index (Phi) is 5.69. The van der Waals surface area contributed by atoms with E-state index in [1.807, 2.05) is 74.8 Å². The third-order valence-electron chi connectivity index (χ3n) is 4.41. The topological polar surface area (TPSA) is 32.3 Å². The third kappa shape index (κ3) is 4.51. The van der Waals surface area contributed by atoms with Gasteiger partial charge in [-0.15, -0.1) is 0 Å². The molecule has 0 heterocycles. The van der Waals surface area contributed by atoms with Crippen LogP contribution in [0.25, 0.3) is 0 Å². The lowest BCUT2D eigenvalue weighted by molar-refractivity contribution is 0.0976. The maximum absolute atomic E-state index is 12.7. The van der Waals surface area contributed by atoms with Gasteiger partial charge < -0.3 is 10.2 Å². The van der Waals surface area contributed by atoms with E-state index in [1.54, 1.807) is 0 Å². The van der Waals surface area contributed by atoms with Crippen LogP contribution in [-0.4, -0.2) is 19.9 Å². The number of hydrogen-bond donors (Lipinski definition) is 1. The van der Waals surface area contributed by atoms with E-state index in [4.69, 9.17) is 0 Å². The highest BCUT2D eigenvalue weighted by atomic mass is 16.1. The fourth-order valence-electron chi connectivity index (χ4n) is 2.92. The highest BCUT2D eigenvalue weighted by Crippen LogP contribution is 2.26. The molecule has 1 N–H and O–H groups in total. The quantitative estimate of drug-likeness (QED) is 0.600. The molecule has 0 fully saturated rings. The number of benzene rings is 3. The van der Waals surface area contributed by atoms with E-state index in [9.17, 15) is 4.79 Å². The fraction of sp³-hybridized carbons (Fsp3) is 0.174. The summed E-state index contributed by atoms with van der Waals surface area (Å²) in [4.78, 5) is 14.8. The molecule has 0 radical (unpaired) electrons. The normalized spacial score (nSPS) is 11.6. The van der Waals surface area contributed by atoms with Crippen LogP contribution in [-0.2, 0) is 0 Å². The summed E-state index contributed by atoms with van der Waals surface area (Å²) in [5.41, 5.74) is 4.00. The van der Waals surface area contributed by atoms with Gasteiger partial charge in [-0.1, -0.05) is 60.7 Å². The summed E-state index contributed by atoms with van der Waals surface area (Å²) in [5.74, 6) is 0.135. The molecule has 3 heteroatoms. The summed E-state index contributed by atoms with van der Waals surface area (Å²) in [7, 11) is 4.04. The van der Waals surface area contributed by atoms with Gasteiger partial charge >= 0.3 is 0 Å². The molecule has 132 valence electrons. The van der Waals surface area contributed by atoms with Crippen molar-refractivity contribution in [3.8, 4) is 0 Å². The summed E-state index contributed by atoms with van der Waals surface area (Å²) in [6, 6.07) is 27.8. The molecule has 1 atom stereocenters. The molecule has 0 aliphatic heterocycles. The predicted molar refractivity (Wildman–Crippen MR) is 109 cm³/mol. The minimum atomic E-state index is -0.0821. The first kappa shape index (κ1) is 17.7. The lowest BCUT2D eigenvalue weighted by atomic mass is 9.97. The number of Topliss-reactive ketones (excluding diaryl/α,β-unsaturated/α-hetero) is 1. The molecule has 1 unspecified atom stereocenters. The summed E-state index contributed by atoms with van der Waals surface area (Å²) in [6.45, 7) is 0. The van der Waals surface area contributed by atoms with Gasteiger partial charge in [-0.2, -0.15) is 0 Å². The maximum Gasteiger partial charge on any atom is 0.165 e. The summed E-state index contributed by atoms with van der Waals surface area (Å²) >= 11 is 0. The van der Waals surface area contributed by atoms with E-state index in [2.05, 4.69) is 34.5 Å². The van der Waals surface area contributed by atoms with Crippen molar-refractivity contribution in [2.45, 2.75) is 12.5 Å². The molecule has 0 bridgehead atoms. The van der Waals surface area contributed by atoms with Crippen molar-refractivity contribution in [1.29, 1.82) is 0 Å². The molecule has 0 aliphatic rings. The Morgan fingerprint density at radius 3 is 2.00 bits per heavy atom. The fourth-order valence-corrected chi connectivity index (χ4v) is 2.92. The van der Waals surface area contributed by atoms with Gasteiger partial charge in [0.1, 0.15) is 0 Å². The van der Waals surface area contributed by atoms with Gasteiger partial charge in [0.15, 0.2) is 5.78 Å². The number of carbonyl (C=O) groups is 1. The monoisotopic (exact) mass is 344 g/mol. The largest absolute Gasteiger partial charge is 0.378 e. The second-order valence-corrected chi connectivity index (χ2v) is 6.54. The number of nitrogens with zero attached hydrogens (tertiary/aromatic N) is 1. The van der Waals surface area contributed by atoms with E-state index in [1.165, 1.54) is 0 Å². The predicted octanol–water partition coefficient (Wildman–Crippen LogP) is 5.18. The molecule has 0 spiro atoms. The van der Waals surface area contributed by atoms with Crippen LogP contribution in [0.3, 0.4) is 0 Å². The zero-order valence-corrected chi connectivity index (χ0v) is 15.2. The van der Waals surface area contributed by atoms with Gasteiger partial charge in [0.25, 0.3) is 0 Å². The van der Waals surface area contributed by atoms with E-state index < -0.39 is 0 Å². The number of hydrogen-bond acceptors (Lipinski definition) is 3. The molecule has 3 rings (SSSR count). The first-order chi connectivity index (χ1) is 12.6. The molecular formula is C23H24N2O. The molecular weight excluding hydrogens is 320 g/mol. The molecule has 26 heavy (non-hydrogen) atoms. The average Bonchev–Trinajstić information content (AvgIpc) is 2.69. The van der Waals surface area contributed by atoms with Crippen molar-refractivity contribution < 1.29 is 4.79 Å². The Balaban J connectivity index is 1.85. The van der Waals surface area contributed by atoms with Crippen LogP contribution in [0.1, 0.15) is 28.4 Å². The van der Waals surface area contributed by atoms with E-state index in [0.717, 1.165) is 22.5 Å². The average molecular weight is 344 g/mol. The van der Waals surface area contributed by atoms with Crippen molar-refractivity contribution in [2.24, 2.45) is 0 Å². The van der Waals surface area contributed by atoms with Gasteiger partial charge in [-0.05, 0) is 29.8 Å². The number of para-hydroxylation sites is 1. The molecule has 0 amide bonds. The zero-order chi connectivity index (χ0) is 18.4. The van der Waals surface area contributed by atoms with Crippen LogP contribution in [0, 0.1) is 0 Å². The number of anilines is 2. The highest BCUT2D eigenvalue weighted by Gasteiger charge is 2.17. The van der Waals surface area contributed by atoms with Gasteiger partial charge in [-0.25, -0.2) is 0 Å². The SMILES string of the molecule is CN(C)c1ccc(C(CC(=O)c2ccccc2)Nc2ccccc2)cc1. The van der Waals surface area contributed by atoms with Crippen molar-refractivity contribution in [3.05, 3.63) is 96.1 Å². The first-order valence-electron chi connectivity index (χ1n) is 8.80. The Bertz CT molecular complexity index is 827. The van der Waals surface area contributed by atoms with Crippen molar-refractivity contribution in [2.75, 3.05) is 24.3 Å². The smallest absolute Gasteiger partial charge is 0.165 e. The molecule has 0 aromatic heterocycles. The van der Waals surface area contributed by atoms with Crippen LogP contribution < -0.4 is 10.2 Å². The molecule has 3 aromatic carbocycles. The Morgan fingerprint density at radius 2 is 1.42 bits per heavy atom. The highest BCUT2D eigenvalue weighted by molar-refractivity contribution is 5.96. The van der Waals surface area contributed by atoms with Crippen molar-refractivity contribution in [1.82, 2.24) is 0 Å². The van der Waals surface area contributed by atoms with Gasteiger partial charge in [0.05, 0.1) is 6.04 Å². The lowest BCUT2D eigenvalue weighted by Crippen LogP contribution is -2.16. The molecule has 0 aliphatic carbocycles. The number of rotatable bonds is 7. The second kappa shape index (κ2) is 8.34. The first-order valence-corrected chi connectivity index (χ1v) is 8.80. The number of ketones is 1. The van der Waals surface area contributed by atoms with Gasteiger partial charge in [0, 0.05) is 37.5 Å². The maximum atomic E-state index is 12.7. The van der Waals surface area contributed by atoms with Crippen LogP contribution in [0.15, 0.2) is 84.9 Å². The minimum absolute atomic E-state index is 0.0821. The molecule has 3 aromatic rings. The Labute approximate surface area is 155 Å². The number of nitrogens with one attached hydrogen (secondary N) is 1. The molecule has 0 saturated carbocycles. The Morgan fingerprint density at radius 1 is 0.846 bits per heavy atom. The summed E-state index contributed by atoms with van der Waals surface area (Å²) in [5, 5.41) is 3.51. The number of carbonyl (C=O) groups excluding carboxylic acids is 1. The Hall–Kier alpha value is -3.07. The third-order valence-corrected chi connectivity index (χ3v) is 4.41. The zero-order valence-electron chi connectivity index (χ0n) is 15.2. The van der Waals surface area contributed by atoms with Crippen LogP contribution in [0.4, 0.5) is 11.4 Å². The van der Waals surface area contributed by atoms with Crippen LogP contribution in [0.5, 0.6) is 0 Å². The minimum Gasteiger partial charge on any atom is -0.378 e. The second-order valence-electron chi connectivity index (χ2n) is 6.54. The van der Waals surface area contributed by atoms with E-state index >= 15 is 0 Å². The molecule has 0 saturated heterocycles. The lowest BCUT2D eigenvalue weighted by Gasteiger charge is -2.21. The standard InChI is InChI=1S/C23H24N2O/c1-25(2)21-15-13-18(14-16-21)22(24-20-11-7-4-8-12-20)17-23(26)19-9-5-3-6-10-19/h3-16,22,24H,17H2,1-2H3. The molecule has 3 nitrogen and oxygen atoms in total. The summed E-state index contributed by atoms with van der Waals surface area (Å²) in [6.07, 6.45) is 0.403. The van der Waals surface area contributed by atoms with Crippen molar-refractivity contribution in [3.63, 3.8) is 0 Å². The van der Waals surface area contributed by atoms with E-state index in [0.29, 0.717) is 6.42 Å². The van der Waals surface area contributed by atoms with Gasteiger partial charge in [0.2, 0.25) is 0 Å². The van der Waals surface area contributed by atoms with Crippen LogP contribution in [0.2, 0.25) is 0 Å².